The Morgan fingerprint density at radius 1 is 1.21 bits per heavy atom. The van der Waals surface area contributed by atoms with E-state index in [1.807, 2.05) is 12.1 Å². The average Bonchev–Trinajstić information content (AvgIpc) is 2.34. The summed E-state index contributed by atoms with van der Waals surface area (Å²) in [5.74, 6) is 0.668. The van der Waals surface area contributed by atoms with Crippen LogP contribution in [0.2, 0.25) is 0 Å². The van der Waals surface area contributed by atoms with Gasteiger partial charge in [0.25, 0.3) is 0 Å². The Morgan fingerprint density at radius 2 is 1.84 bits per heavy atom. The molecule has 1 atom stereocenters. The maximum Gasteiger partial charge on any atom is 0.0914 e. The first-order valence-corrected chi connectivity index (χ1v) is 7.10. The summed E-state index contributed by atoms with van der Waals surface area (Å²) in [5, 5.41) is 13.3. The zero-order valence-electron chi connectivity index (χ0n) is 12.6. The molecule has 2 nitrogen and oxygen atoms in total. The van der Waals surface area contributed by atoms with Crippen LogP contribution >= 0.6 is 0 Å². The smallest absolute Gasteiger partial charge is 0.0914 e. The highest BCUT2D eigenvalue weighted by molar-refractivity contribution is 5.24. The van der Waals surface area contributed by atoms with E-state index in [9.17, 15) is 5.11 Å². The maximum absolute atomic E-state index is 10.1. The molecule has 19 heavy (non-hydrogen) atoms. The van der Waals surface area contributed by atoms with E-state index in [1.54, 1.807) is 0 Å². The number of nitrogens with one attached hydrogen (secondary N) is 1. The number of hydrogen-bond donors (Lipinski definition) is 2. The molecule has 106 valence electrons. The number of allylic oxidation sites excluding steroid dienone is 1. The zero-order chi connectivity index (χ0) is 14.3. The quantitative estimate of drug-likeness (QED) is 0.582. The molecule has 0 aliphatic rings. The van der Waals surface area contributed by atoms with Gasteiger partial charge in [0.2, 0.25) is 0 Å². The van der Waals surface area contributed by atoms with Crippen molar-refractivity contribution < 1.29 is 5.11 Å². The van der Waals surface area contributed by atoms with Crippen LogP contribution in [0, 0.1) is 5.92 Å². The van der Waals surface area contributed by atoms with Gasteiger partial charge in [-0.2, -0.15) is 0 Å². The largest absolute Gasteiger partial charge is 0.387 e. The molecule has 0 saturated heterocycles. The molecule has 0 spiro atoms. The molecule has 0 bridgehead atoms. The fraction of sp³-hybridized carbons (Fsp3) is 0.529. The second-order valence-electron chi connectivity index (χ2n) is 5.80. The fourth-order valence-electron chi connectivity index (χ4n) is 1.96. The summed E-state index contributed by atoms with van der Waals surface area (Å²) in [4.78, 5) is 0. The van der Waals surface area contributed by atoms with Gasteiger partial charge >= 0.3 is 0 Å². The van der Waals surface area contributed by atoms with Gasteiger partial charge in [0.15, 0.2) is 0 Å². The predicted octanol–water partition coefficient (Wildman–Crippen LogP) is 3.47. The number of rotatable bonds is 7. The average molecular weight is 261 g/mol. The lowest BCUT2D eigenvalue weighted by Crippen LogP contribution is -2.21. The van der Waals surface area contributed by atoms with Crippen LogP contribution in [0.4, 0.5) is 0 Å². The lowest BCUT2D eigenvalue weighted by molar-refractivity contribution is 0.176. The van der Waals surface area contributed by atoms with Crippen LogP contribution in [-0.4, -0.2) is 18.2 Å². The molecule has 1 unspecified atom stereocenters. The lowest BCUT2D eigenvalue weighted by atomic mass is 10.0. The first kappa shape index (κ1) is 15.9. The van der Waals surface area contributed by atoms with Gasteiger partial charge in [0.05, 0.1) is 6.10 Å². The Bertz CT molecular complexity index is 388. The molecule has 0 aromatic heterocycles. The molecular formula is C17H27NO. The van der Waals surface area contributed by atoms with Gasteiger partial charge < -0.3 is 10.4 Å². The van der Waals surface area contributed by atoms with Gasteiger partial charge in [-0.3, -0.25) is 0 Å². The molecule has 0 amide bonds. The summed E-state index contributed by atoms with van der Waals surface area (Å²) >= 11 is 0. The van der Waals surface area contributed by atoms with Crippen molar-refractivity contribution in [2.45, 2.75) is 40.2 Å². The summed E-state index contributed by atoms with van der Waals surface area (Å²) in [6, 6.07) is 8.30. The van der Waals surface area contributed by atoms with Gasteiger partial charge in [0, 0.05) is 13.1 Å². The molecule has 0 heterocycles. The van der Waals surface area contributed by atoms with Crippen molar-refractivity contribution in [1.82, 2.24) is 5.32 Å². The van der Waals surface area contributed by atoms with Crippen molar-refractivity contribution in [2.75, 3.05) is 13.1 Å². The van der Waals surface area contributed by atoms with Crippen LogP contribution < -0.4 is 5.32 Å². The molecule has 2 N–H and O–H groups in total. The molecule has 2 heteroatoms. The van der Waals surface area contributed by atoms with Gasteiger partial charge in [-0.1, -0.05) is 49.8 Å². The maximum atomic E-state index is 10.1. The normalized spacial score (nSPS) is 12.5. The van der Waals surface area contributed by atoms with Crippen LogP contribution in [0.1, 0.15) is 44.9 Å². The summed E-state index contributed by atoms with van der Waals surface area (Å²) < 4.78 is 0. The number of aliphatic hydroxyl groups is 1. The van der Waals surface area contributed by atoms with Crippen LogP contribution in [0.15, 0.2) is 35.9 Å². The highest BCUT2D eigenvalue weighted by Crippen LogP contribution is 2.15. The van der Waals surface area contributed by atoms with Crippen LogP contribution in [-0.2, 0) is 6.42 Å². The van der Waals surface area contributed by atoms with Crippen LogP contribution in [0.3, 0.4) is 0 Å². The van der Waals surface area contributed by atoms with Gasteiger partial charge in [-0.05, 0) is 37.3 Å². The van der Waals surface area contributed by atoms with Crippen molar-refractivity contribution in [1.29, 1.82) is 0 Å². The van der Waals surface area contributed by atoms with Gasteiger partial charge in [-0.15, -0.1) is 0 Å². The van der Waals surface area contributed by atoms with E-state index in [0.29, 0.717) is 12.5 Å². The third kappa shape index (κ3) is 6.55. The Labute approximate surface area is 117 Å². The van der Waals surface area contributed by atoms with Gasteiger partial charge in [-0.25, -0.2) is 0 Å². The van der Waals surface area contributed by atoms with E-state index in [0.717, 1.165) is 18.5 Å². The lowest BCUT2D eigenvalue weighted by Gasteiger charge is -2.12. The molecular weight excluding hydrogens is 234 g/mol. The zero-order valence-corrected chi connectivity index (χ0v) is 12.6. The standard InChI is InChI=1S/C17H27NO/c1-13(2)9-10-18-12-17(19)16-7-5-15(6-8-16)11-14(3)4/h5-9,14,17-19H,10-12H2,1-4H3. The van der Waals surface area contributed by atoms with Crippen molar-refractivity contribution >= 4 is 0 Å². The first-order valence-electron chi connectivity index (χ1n) is 7.10. The van der Waals surface area contributed by atoms with Gasteiger partial charge in [0.1, 0.15) is 0 Å². The number of aliphatic hydroxyl groups excluding tert-OH is 1. The summed E-state index contributed by atoms with van der Waals surface area (Å²) in [6.45, 7) is 9.99. The first-order chi connectivity index (χ1) is 8.99. The molecule has 0 fully saturated rings. The monoisotopic (exact) mass is 261 g/mol. The summed E-state index contributed by atoms with van der Waals surface area (Å²) in [5.41, 5.74) is 3.61. The summed E-state index contributed by atoms with van der Waals surface area (Å²) in [6.07, 6.45) is 2.78. The Morgan fingerprint density at radius 3 is 2.37 bits per heavy atom. The van der Waals surface area contributed by atoms with Crippen molar-refractivity contribution in [3.63, 3.8) is 0 Å². The second kappa shape index (κ2) is 8.13. The molecule has 1 rings (SSSR count). The Hall–Kier alpha value is -1.12. The van der Waals surface area contributed by atoms with E-state index < -0.39 is 6.10 Å². The predicted molar refractivity (Wildman–Crippen MR) is 82.2 cm³/mol. The van der Waals surface area contributed by atoms with Crippen molar-refractivity contribution in [3.05, 3.63) is 47.0 Å². The van der Waals surface area contributed by atoms with E-state index >= 15 is 0 Å². The van der Waals surface area contributed by atoms with Crippen molar-refractivity contribution in [2.24, 2.45) is 5.92 Å². The fourth-order valence-corrected chi connectivity index (χ4v) is 1.96. The van der Waals surface area contributed by atoms with E-state index in [1.165, 1.54) is 11.1 Å². The minimum Gasteiger partial charge on any atom is -0.387 e. The molecule has 0 aliphatic heterocycles. The number of benzene rings is 1. The van der Waals surface area contributed by atoms with E-state index in [2.05, 4.69) is 51.2 Å². The highest BCUT2D eigenvalue weighted by atomic mass is 16.3. The minimum absolute atomic E-state index is 0.432. The topological polar surface area (TPSA) is 32.3 Å². The third-order valence-corrected chi connectivity index (χ3v) is 3.00. The number of hydrogen-bond acceptors (Lipinski definition) is 2. The molecule has 0 radical (unpaired) electrons. The van der Waals surface area contributed by atoms with Crippen molar-refractivity contribution in [3.8, 4) is 0 Å². The highest BCUT2D eigenvalue weighted by Gasteiger charge is 2.06. The SMILES string of the molecule is CC(C)=CCNCC(O)c1ccc(CC(C)C)cc1. The van der Waals surface area contributed by atoms with E-state index in [4.69, 9.17) is 0 Å². The Kier molecular flexibility index (Phi) is 6.82. The van der Waals surface area contributed by atoms with Crippen LogP contribution in [0.5, 0.6) is 0 Å². The third-order valence-electron chi connectivity index (χ3n) is 3.00. The molecule has 0 aliphatic carbocycles. The van der Waals surface area contributed by atoms with E-state index in [-0.39, 0.29) is 0 Å². The Balaban J connectivity index is 2.44. The second-order valence-corrected chi connectivity index (χ2v) is 5.80. The molecule has 0 saturated carbocycles. The summed E-state index contributed by atoms with van der Waals surface area (Å²) in [7, 11) is 0. The minimum atomic E-state index is -0.432. The molecule has 1 aromatic rings. The molecule has 1 aromatic carbocycles. The van der Waals surface area contributed by atoms with Crippen LogP contribution in [0.25, 0.3) is 0 Å².